The number of carbonyl (C=O) groups excluding carboxylic acids is 3. The van der Waals surface area contributed by atoms with Crippen molar-refractivity contribution in [1.82, 2.24) is 0 Å². The quantitative estimate of drug-likeness (QED) is 0.0262. The maximum absolute atomic E-state index is 12.9. The Morgan fingerprint density at radius 1 is 0.294 bits per heavy atom. The summed E-state index contributed by atoms with van der Waals surface area (Å²) >= 11 is 0. The summed E-state index contributed by atoms with van der Waals surface area (Å²) in [4.78, 5) is 38.2. The summed E-state index contributed by atoms with van der Waals surface area (Å²) in [6, 6.07) is 0. The Hall–Kier alpha value is -2.89. The van der Waals surface area contributed by atoms with Gasteiger partial charge in [-0.05, 0) is 89.9 Å². The summed E-state index contributed by atoms with van der Waals surface area (Å²) in [5.74, 6) is -0.913. The summed E-state index contributed by atoms with van der Waals surface area (Å²) in [5, 5.41) is 0. The van der Waals surface area contributed by atoms with Gasteiger partial charge >= 0.3 is 17.9 Å². The zero-order chi connectivity index (χ0) is 49.3. The standard InChI is InChI=1S/C62H110O6/c1-4-7-10-13-16-19-22-25-28-30-31-32-35-37-40-43-46-49-52-55-61(64)67-58-59(57-66-60(63)54-51-48-45-42-39-36-33-27-24-21-18-15-12-9-6-3)68-62(65)56-53-50-47-44-41-38-34-29-26-23-20-17-14-11-8-5-2/h16,19,25,28-29,31-32,34,37,40,59H,4-15,17-18,20-24,26-27,30,33,35-36,38-39,41-58H2,1-3H3/b19-16-,28-25-,32-31-,34-29-,40-37-/t59-/m1/s1. The second kappa shape index (κ2) is 56.7. The predicted molar refractivity (Wildman–Crippen MR) is 293 cm³/mol. The third-order valence-corrected chi connectivity index (χ3v) is 12.7. The van der Waals surface area contributed by atoms with Crippen LogP contribution in [0.15, 0.2) is 60.8 Å². The fraction of sp³-hybridized carbons (Fsp3) is 0.790. The van der Waals surface area contributed by atoms with Crippen LogP contribution in [0.25, 0.3) is 0 Å². The smallest absolute Gasteiger partial charge is 0.306 e. The van der Waals surface area contributed by atoms with Gasteiger partial charge in [-0.3, -0.25) is 14.4 Å². The summed E-state index contributed by atoms with van der Waals surface area (Å²) in [6.07, 6.45) is 70.6. The lowest BCUT2D eigenvalue weighted by atomic mass is 10.0. The van der Waals surface area contributed by atoms with Crippen LogP contribution in [-0.4, -0.2) is 37.2 Å². The van der Waals surface area contributed by atoms with E-state index in [-0.39, 0.29) is 31.1 Å². The van der Waals surface area contributed by atoms with Crippen LogP contribution >= 0.6 is 0 Å². The van der Waals surface area contributed by atoms with E-state index < -0.39 is 6.10 Å². The lowest BCUT2D eigenvalue weighted by Gasteiger charge is -2.18. The molecule has 0 aromatic rings. The monoisotopic (exact) mass is 951 g/mol. The van der Waals surface area contributed by atoms with Crippen LogP contribution in [0.3, 0.4) is 0 Å². The maximum atomic E-state index is 12.9. The molecule has 0 heterocycles. The third kappa shape index (κ3) is 54.1. The van der Waals surface area contributed by atoms with Crippen LogP contribution in [-0.2, 0) is 28.6 Å². The van der Waals surface area contributed by atoms with Crippen LogP contribution < -0.4 is 0 Å². The van der Waals surface area contributed by atoms with Gasteiger partial charge in [0.15, 0.2) is 6.10 Å². The van der Waals surface area contributed by atoms with Crippen molar-refractivity contribution in [3.05, 3.63) is 60.8 Å². The molecule has 0 unspecified atom stereocenters. The highest BCUT2D eigenvalue weighted by molar-refractivity contribution is 5.71. The summed E-state index contributed by atoms with van der Waals surface area (Å²) in [6.45, 7) is 6.61. The Labute approximate surface area is 421 Å². The van der Waals surface area contributed by atoms with Crippen molar-refractivity contribution in [2.45, 2.75) is 303 Å². The number of allylic oxidation sites excluding steroid dienone is 10. The van der Waals surface area contributed by atoms with Gasteiger partial charge in [0.05, 0.1) is 0 Å². The van der Waals surface area contributed by atoms with Crippen LogP contribution in [0.5, 0.6) is 0 Å². The van der Waals surface area contributed by atoms with Gasteiger partial charge in [0.2, 0.25) is 0 Å². The van der Waals surface area contributed by atoms with Gasteiger partial charge in [0, 0.05) is 19.3 Å². The number of hydrogen-bond acceptors (Lipinski definition) is 6. The van der Waals surface area contributed by atoms with Gasteiger partial charge in [0.1, 0.15) is 13.2 Å². The SMILES string of the molecule is CCCCC/C=C\C/C=C\C/C=C\C/C=C\CCCCCC(=O)OC[C@@H](COC(=O)CCCCCCCCCCCCCCCCC)OC(=O)CCCCCCC/C=C\CCCCCCCCC. The van der Waals surface area contributed by atoms with Crippen molar-refractivity contribution in [3.8, 4) is 0 Å². The molecule has 0 fully saturated rings. The molecule has 0 rings (SSSR count). The van der Waals surface area contributed by atoms with E-state index in [4.69, 9.17) is 14.2 Å². The molecule has 0 aliphatic heterocycles. The number of rotatable bonds is 53. The van der Waals surface area contributed by atoms with Gasteiger partial charge in [-0.1, -0.05) is 248 Å². The Balaban J connectivity index is 4.43. The molecule has 0 amide bonds. The van der Waals surface area contributed by atoms with Crippen LogP contribution in [0, 0.1) is 0 Å². The second-order valence-corrected chi connectivity index (χ2v) is 19.6. The van der Waals surface area contributed by atoms with Crippen molar-refractivity contribution >= 4 is 17.9 Å². The molecule has 394 valence electrons. The van der Waals surface area contributed by atoms with Gasteiger partial charge in [-0.15, -0.1) is 0 Å². The minimum atomic E-state index is -0.790. The van der Waals surface area contributed by atoms with Crippen molar-refractivity contribution in [2.75, 3.05) is 13.2 Å². The normalized spacial score (nSPS) is 12.5. The molecule has 0 aliphatic rings. The first kappa shape index (κ1) is 65.1. The molecule has 0 bridgehead atoms. The average molecular weight is 952 g/mol. The topological polar surface area (TPSA) is 78.9 Å². The minimum absolute atomic E-state index is 0.0852. The lowest BCUT2D eigenvalue weighted by molar-refractivity contribution is -0.167. The van der Waals surface area contributed by atoms with E-state index in [0.717, 1.165) is 96.3 Å². The molecule has 0 aromatic carbocycles. The molecular formula is C62H110O6. The Morgan fingerprint density at radius 3 is 0.882 bits per heavy atom. The fourth-order valence-corrected chi connectivity index (χ4v) is 8.30. The number of esters is 3. The molecule has 0 saturated carbocycles. The van der Waals surface area contributed by atoms with Gasteiger partial charge in [-0.25, -0.2) is 0 Å². The van der Waals surface area contributed by atoms with Crippen LogP contribution in [0.4, 0.5) is 0 Å². The Morgan fingerprint density at radius 2 is 0.529 bits per heavy atom. The van der Waals surface area contributed by atoms with E-state index in [9.17, 15) is 14.4 Å². The van der Waals surface area contributed by atoms with E-state index in [2.05, 4.69) is 81.5 Å². The second-order valence-electron chi connectivity index (χ2n) is 19.6. The first-order valence-corrected chi connectivity index (χ1v) is 29.3. The van der Waals surface area contributed by atoms with E-state index >= 15 is 0 Å². The number of unbranched alkanes of at least 4 members (excludes halogenated alkanes) is 32. The van der Waals surface area contributed by atoms with Crippen molar-refractivity contribution in [1.29, 1.82) is 0 Å². The van der Waals surface area contributed by atoms with Crippen molar-refractivity contribution < 1.29 is 28.6 Å². The highest BCUT2D eigenvalue weighted by Gasteiger charge is 2.19. The zero-order valence-electron chi connectivity index (χ0n) is 45.1. The maximum Gasteiger partial charge on any atom is 0.306 e. The molecule has 6 heteroatoms. The highest BCUT2D eigenvalue weighted by Crippen LogP contribution is 2.16. The Kier molecular flexibility index (Phi) is 54.3. The number of carbonyl (C=O) groups is 3. The molecule has 0 N–H and O–H groups in total. The fourth-order valence-electron chi connectivity index (χ4n) is 8.30. The first-order valence-electron chi connectivity index (χ1n) is 29.3. The van der Waals surface area contributed by atoms with Gasteiger partial charge in [-0.2, -0.15) is 0 Å². The molecular weight excluding hydrogens is 841 g/mol. The van der Waals surface area contributed by atoms with Crippen molar-refractivity contribution in [3.63, 3.8) is 0 Å². The van der Waals surface area contributed by atoms with E-state index in [0.29, 0.717) is 19.3 Å². The predicted octanol–water partition coefficient (Wildman–Crippen LogP) is 19.6. The van der Waals surface area contributed by atoms with Gasteiger partial charge in [0.25, 0.3) is 0 Å². The molecule has 6 nitrogen and oxygen atoms in total. The van der Waals surface area contributed by atoms with Crippen LogP contribution in [0.2, 0.25) is 0 Å². The summed E-state index contributed by atoms with van der Waals surface area (Å²) < 4.78 is 16.9. The number of ether oxygens (including phenoxy) is 3. The molecule has 0 saturated heterocycles. The molecule has 0 aliphatic carbocycles. The molecule has 68 heavy (non-hydrogen) atoms. The third-order valence-electron chi connectivity index (χ3n) is 12.7. The van der Waals surface area contributed by atoms with Crippen molar-refractivity contribution in [2.24, 2.45) is 0 Å². The zero-order valence-corrected chi connectivity index (χ0v) is 45.1. The number of hydrogen-bond donors (Lipinski definition) is 0. The largest absolute Gasteiger partial charge is 0.462 e. The molecule has 0 spiro atoms. The molecule has 0 aromatic heterocycles. The Bertz CT molecular complexity index is 1230. The van der Waals surface area contributed by atoms with Crippen LogP contribution in [0.1, 0.15) is 297 Å². The van der Waals surface area contributed by atoms with E-state index in [1.165, 1.54) is 161 Å². The minimum Gasteiger partial charge on any atom is -0.462 e. The summed E-state index contributed by atoms with van der Waals surface area (Å²) in [5.41, 5.74) is 0. The van der Waals surface area contributed by atoms with Gasteiger partial charge < -0.3 is 14.2 Å². The molecule has 0 radical (unpaired) electrons. The lowest BCUT2D eigenvalue weighted by Crippen LogP contribution is -2.30. The van der Waals surface area contributed by atoms with E-state index in [1.54, 1.807) is 0 Å². The summed E-state index contributed by atoms with van der Waals surface area (Å²) in [7, 11) is 0. The van der Waals surface area contributed by atoms with E-state index in [1.807, 2.05) is 0 Å². The first-order chi connectivity index (χ1) is 33.5. The highest BCUT2D eigenvalue weighted by atomic mass is 16.6. The molecule has 1 atom stereocenters. The average Bonchev–Trinajstić information content (AvgIpc) is 3.34.